The van der Waals surface area contributed by atoms with Crippen LogP contribution in [0.25, 0.3) is 0 Å². The van der Waals surface area contributed by atoms with Crippen molar-refractivity contribution in [1.29, 1.82) is 0 Å². The molecular formula is C22H44O3Si2. The molecule has 0 spiro atoms. The highest BCUT2D eigenvalue weighted by atomic mass is 28.4. The Morgan fingerprint density at radius 1 is 0.963 bits per heavy atom. The molecule has 0 unspecified atom stereocenters. The van der Waals surface area contributed by atoms with Gasteiger partial charge in [-0.15, -0.1) is 0 Å². The van der Waals surface area contributed by atoms with Gasteiger partial charge >= 0.3 is 0 Å². The third-order valence-corrected chi connectivity index (χ3v) is 17.4. The van der Waals surface area contributed by atoms with Gasteiger partial charge in [-0.3, -0.25) is 4.79 Å². The van der Waals surface area contributed by atoms with Gasteiger partial charge in [0.25, 0.3) is 0 Å². The molecule has 0 bridgehead atoms. The largest absolute Gasteiger partial charge is 0.413 e. The average molecular weight is 413 g/mol. The summed E-state index contributed by atoms with van der Waals surface area (Å²) in [5.41, 5.74) is 1.55. The second kappa shape index (κ2) is 9.06. The van der Waals surface area contributed by atoms with E-state index in [2.05, 4.69) is 75.4 Å². The second-order valence-corrected chi connectivity index (χ2v) is 20.9. The van der Waals surface area contributed by atoms with E-state index in [4.69, 9.17) is 8.85 Å². The van der Waals surface area contributed by atoms with Crippen molar-refractivity contribution in [2.24, 2.45) is 0 Å². The van der Waals surface area contributed by atoms with Crippen molar-refractivity contribution >= 4 is 22.4 Å². The quantitative estimate of drug-likeness (QED) is 0.429. The van der Waals surface area contributed by atoms with E-state index >= 15 is 0 Å². The molecule has 0 radical (unpaired) electrons. The fraction of sp³-hybridized carbons (Fsp3) is 0.864. The molecule has 0 N–H and O–H groups in total. The first kappa shape index (κ1) is 24.8. The molecule has 3 nitrogen and oxygen atoms in total. The summed E-state index contributed by atoms with van der Waals surface area (Å²) in [6, 6.07) is 0. The zero-order chi connectivity index (χ0) is 21.2. The Labute approximate surface area is 170 Å². The first-order chi connectivity index (χ1) is 12.1. The number of ketones is 1. The molecule has 0 fully saturated rings. The van der Waals surface area contributed by atoms with Crippen LogP contribution in [0.4, 0.5) is 0 Å². The van der Waals surface area contributed by atoms with Gasteiger partial charge in [0.05, 0.1) is 12.2 Å². The van der Waals surface area contributed by atoms with Crippen LogP contribution in [0.5, 0.6) is 0 Å². The lowest BCUT2D eigenvalue weighted by Crippen LogP contribution is -2.51. The normalized spacial score (nSPS) is 22.8. The lowest BCUT2D eigenvalue weighted by molar-refractivity contribution is -0.116. The minimum Gasteiger partial charge on any atom is -0.413 e. The highest BCUT2D eigenvalue weighted by molar-refractivity contribution is 6.77. The zero-order valence-electron chi connectivity index (χ0n) is 19.7. The van der Waals surface area contributed by atoms with E-state index in [1.165, 1.54) is 0 Å². The summed E-state index contributed by atoms with van der Waals surface area (Å²) in [5.74, 6) is 0.167. The highest BCUT2D eigenvalue weighted by Crippen LogP contribution is 2.44. The van der Waals surface area contributed by atoms with Crippen molar-refractivity contribution in [2.45, 2.75) is 122 Å². The fourth-order valence-corrected chi connectivity index (χ4v) is 11.2. The van der Waals surface area contributed by atoms with Crippen LogP contribution in [-0.4, -0.2) is 34.6 Å². The Bertz CT molecular complexity index is 508. The predicted molar refractivity (Wildman–Crippen MR) is 121 cm³/mol. The van der Waals surface area contributed by atoms with Gasteiger partial charge in [-0.1, -0.05) is 68.4 Å². The summed E-state index contributed by atoms with van der Waals surface area (Å²) in [5, 5.41) is 0.153. The summed E-state index contributed by atoms with van der Waals surface area (Å²) in [6.45, 7) is 25.1. The molecule has 0 aliphatic heterocycles. The molecule has 158 valence electrons. The lowest BCUT2D eigenvalue weighted by atomic mass is 10.1. The maximum absolute atomic E-state index is 12.4. The Balaban J connectivity index is 3.09. The number of carbonyl (C=O) groups is 1. The highest BCUT2D eigenvalue weighted by Gasteiger charge is 2.47. The van der Waals surface area contributed by atoms with E-state index in [1.807, 2.05) is 6.08 Å². The SMILES string of the molecule is CC(C)[Si](O[C@@H]1CC(=O)C=C[C@H](O[Si](C)(C)C(C)(C)C)C1)(C(C)C)C(C)C. The second-order valence-electron chi connectivity index (χ2n) is 10.7. The molecule has 0 amide bonds. The van der Waals surface area contributed by atoms with Crippen molar-refractivity contribution in [3.8, 4) is 0 Å². The summed E-state index contributed by atoms with van der Waals surface area (Å²) in [6.07, 6.45) is 4.91. The van der Waals surface area contributed by atoms with Crippen LogP contribution in [0.2, 0.25) is 34.8 Å². The van der Waals surface area contributed by atoms with Crippen LogP contribution in [0, 0.1) is 0 Å². The van der Waals surface area contributed by atoms with Crippen LogP contribution in [0.3, 0.4) is 0 Å². The maximum Gasteiger partial charge on any atom is 0.200 e. The fourth-order valence-electron chi connectivity index (χ4n) is 4.36. The van der Waals surface area contributed by atoms with Gasteiger partial charge in [0, 0.05) is 12.8 Å². The number of hydrogen-bond donors (Lipinski definition) is 0. The first-order valence-corrected chi connectivity index (χ1v) is 15.7. The van der Waals surface area contributed by atoms with Crippen molar-refractivity contribution in [3.05, 3.63) is 12.2 Å². The van der Waals surface area contributed by atoms with Gasteiger partial charge in [-0.05, 0) is 40.8 Å². The van der Waals surface area contributed by atoms with Gasteiger partial charge in [-0.2, -0.15) is 0 Å². The van der Waals surface area contributed by atoms with Crippen molar-refractivity contribution < 1.29 is 13.6 Å². The van der Waals surface area contributed by atoms with Crippen molar-refractivity contribution in [3.63, 3.8) is 0 Å². The molecular weight excluding hydrogens is 368 g/mol. The number of carbonyl (C=O) groups excluding carboxylic acids is 1. The number of hydrogen-bond acceptors (Lipinski definition) is 3. The molecule has 1 aliphatic rings. The molecule has 0 heterocycles. The minimum atomic E-state index is -2.02. The summed E-state index contributed by atoms with van der Waals surface area (Å²) >= 11 is 0. The van der Waals surface area contributed by atoms with Gasteiger partial charge in [-0.25, -0.2) is 0 Å². The van der Waals surface area contributed by atoms with Crippen molar-refractivity contribution in [2.75, 3.05) is 0 Å². The third kappa shape index (κ3) is 5.88. The molecule has 0 aromatic heterocycles. The molecule has 0 saturated carbocycles. The molecule has 5 heteroatoms. The van der Waals surface area contributed by atoms with Crippen LogP contribution in [0.1, 0.15) is 75.2 Å². The summed E-state index contributed by atoms with van der Waals surface area (Å²) in [7, 11) is -3.91. The van der Waals surface area contributed by atoms with Crippen LogP contribution >= 0.6 is 0 Å². The standard InChI is InChI=1S/C22H44O3Si2/c1-16(2)27(17(3)4,18(5)6)25-21-14-19(23)12-13-20(15-21)24-26(10,11)22(7,8)9/h12-13,16-18,20-21H,14-15H2,1-11H3/t20-,21+/m0/s1. The Kier molecular flexibility index (Phi) is 8.32. The van der Waals surface area contributed by atoms with E-state index in [0.29, 0.717) is 23.0 Å². The Hall–Kier alpha value is -0.236. The monoisotopic (exact) mass is 412 g/mol. The van der Waals surface area contributed by atoms with Gasteiger partial charge in [0.2, 0.25) is 8.32 Å². The zero-order valence-corrected chi connectivity index (χ0v) is 21.7. The van der Waals surface area contributed by atoms with Gasteiger partial charge in [0.15, 0.2) is 14.1 Å². The van der Waals surface area contributed by atoms with E-state index in [9.17, 15) is 4.79 Å². The van der Waals surface area contributed by atoms with E-state index in [-0.39, 0.29) is 23.0 Å². The molecule has 0 aromatic carbocycles. The predicted octanol–water partition coefficient (Wildman–Crippen LogP) is 6.86. The van der Waals surface area contributed by atoms with Crippen LogP contribution < -0.4 is 0 Å². The van der Waals surface area contributed by atoms with E-state index in [0.717, 1.165) is 6.42 Å². The smallest absolute Gasteiger partial charge is 0.200 e. The molecule has 1 aliphatic carbocycles. The molecule has 2 atom stereocenters. The molecule has 0 saturated heterocycles. The number of rotatable bonds is 7. The van der Waals surface area contributed by atoms with Crippen LogP contribution in [0.15, 0.2) is 12.2 Å². The van der Waals surface area contributed by atoms with Gasteiger partial charge < -0.3 is 8.85 Å². The van der Waals surface area contributed by atoms with Crippen molar-refractivity contribution in [1.82, 2.24) is 0 Å². The first-order valence-electron chi connectivity index (χ1n) is 10.7. The summed E-state index contributed by atoms with van der Waals surface area (Å²) in [4.78, 5) is 12.4. The summed E-state index contributed by atoms with van der Waals surface area (Å²) < 4.78 is 13.6. The minimum absolute atomic E-state index is 0.0273. The molecule has 1 rings (SSSR count). The van der Waals surface area contributed by atoms with Gasteiger partial charge in [0.1, 0.15) is 0 Å². The lowest BCUT2D eigenvalue weighted by Gasteiger charge is -2.45. The maximum atomic E-state index is 12.4. The Morgan fingerprint density at radius 2 is 1.44 bits per heavy atom. The third-order valence-electron chi connectivity index (χ3n) is 6.75. The molecule has 0 aromatic rings. The Morgan fingerprint density at radius 3 is 1.85 bits per heavy atom. The average Bonchev–Trinajstić information content (AvgIpc) is 2.63. The van der Waals surface area contributed by atoms with E-state index in [1.54, 1.807) is 6.08 Å². The van der Waals surface area contributed by atoms with Crippen LogP contribution in [-0.2, 0) is 13.6 Å². The number of allylic oxidation sites excluding steroid dienone is 1. The van der Waals surface area contributed by atoms with E-state index < -0.39 is 16.6 Å². The molecule has 27 heavy (non-hydrogen) atoms. The topological polar surface area (TPSA) is 35.5 Å².